The lowest BCUT2D eigenvalue weighted by Crippen LogP contribution is -2.15. The SMILES string of the molecule is Cn1[nH]c(=O)c2c1COCC2. The van der Waals surface area contributed by atoms with Gasteiger partial charge < -0.3 is 4.74 Å². The fourth-order valence-corrected chi connectivity index (χ4v) is 1.41. The second-order valence-electron chi connectivity index (χ2n) is 2.73. The summed E-state index contributed by atoms with van der Waals surface area (Å²) >= 11 is 0. The van der Waals surface area contributed by atoms with Crippen molar-refractivity contribution in [1.82, 2.24) is 9.78 Å². The molecule has 4 heteroatoms. The normalized spacial score (nSPS) is 16.5. The highest BCUT2D eigenvalue weighted by molar-refractivity contribution is 5.18. The Labute approximate surface area is 63.8 Å². The third kappa shape index (κ3) is 0.903. The van der Waals surface area contributed by atoms with Crippen LogP contribution in [0.2, 0.25) is 0 Å². The molecule has 11 heavy (non-hydrogen) atoms. The highest BCUT2D eigenvalue weighted by Gasteiger charge is 2.16. The second kappa shape index (κ2) is 2.23. The van der Waals surface area contributed by atoms with Crippen LogP contribution in [0.1, 0.15) is 11.3 Å². The molecular weight excluding hydrogens is 144 g/mol. The average Bonchev–Trinajstić information content (AvgIpc) is 2.30. The minimum atomic E-state index is 0.0331. The van der Waals surface area contributed by atoms with E-state index >= 15 is 0 Å². The summed E-state index contributed by atoms with van der Waals surface area (Å²) in [6.07, 6.45) is 0.742. The van der Waals surface area contributed by atoms with E-state index in [1.165, 1.54) is 0 Å². The molecule has 0 saturated heterocycles. The molecular formula is C7H10N2O2. The number of nitrogens with one attached hydrogen (secondary N) is 1. The predicted molar refractivity (Wildman–Crippen MR) is 39.4 cm³/mol. The number of hydrogen-bond donors (Lipinski definition) is 1. The van der Waals surface area contributed by atoms with Crippen LogP contribution in [0.5, 0.6) is 0 Å². The molecule has 0 radical (unpaired) electrons. The molecule has 60 valence electrons. The van der Waals surface area contributed by atoms with Gasteiger partial charge in [0.05, 0.1) is 18.9 Å². The van der Waals surface area contributed by atoms with Crippen LogP contribution in [0.25, 0.3) is 0 Å². The average molecular weight is 154 g/mol. The van der Waals surface area contributed by atoms with Crippen LogP contribution in [0.15, 0.2) is 4.79 Å². The highest BCUT2D eigenvalue weighted by Crippen LogP contribution is 2.10. The molecule has 0 aromatic carbocycles. The Bertz CT molecular complexity index is 324. The van der Waals surface area contributed by atoms with Crippen LogP contribution < -0.4 is 5.56 Å². The molecule has 0 saturated carbocycles. The largest absolute Gasteiger partial charge is 0.375 e. The van der Waals surface area contributed by atoms with Crippen molar-refractivity contribution >= 4 is 0 Å². The third-order valence-electron chi connectivity index (χ3n) is 2.03. The van der Waals surface area contributed by atoms with E-state index in [0.717, 1.165) is 17.7 Å². The Hall–Kier alpha value is -1.03. The smallest absolute Gasteiger partial charge is 0.267 e. The van der Waals surface area contributed by atoms with Crippen LogP contribution in [-0.4, -0.2) is 16.4 Å². The summed E-state index contributed by atoms with van der Waals surface area (Å²) < 4.78 is 6.94. The first-order valence-electron chi connectivity index (χ1n) is 3.63. The van der Waals surface area contributed by atoms with E-state index in [1.807, 2.05) is 7.05 Å². The number of hydrogen-bond acceptors (Lipinski definition) is 2. The van der Waals surface area contributed by atoms with E-state index in [9.17, 15) is 4.79 Å². The first-order chi connectivity index (χ1) is 5.29. The standard InChI is InChI=1S/C7H10N2O2/c1-9-6-4-11-3-2-5(6)7(10)8-9/h2-4H2,1H3,(H,8,10). The van der Waals surface area contributed by atoms with E-state index in [-0.39, 0.29) is 5.56 Å². The molecule has 0 unspecified atom stereocenters. The molecule has 1 aromatic rings. The van der Waals surface area contributed by atoms with Gasteiger partial charge in [-0.25, -0.2) is 0 Å². The lowest BCUT2D eigenvalue weighted by atomic mass is 10.1. The van der Waals surface area contributed by atoms with E-state index in [4.69, 9.17) is 4.74 Å². The van der Waals surface area contributed by atoms with Crippen molar-refractivity contribution < 1.29 is 4.74 Å². The van der Waals surface area contributed by atoms with Gasteiger partial charge in [0.25, 0.3) is 5.56 Å². The Kier molecular flexibility index (Phi) is 1.35. The molecule has 1 aliphatic rings. The van der Waals surface area contributed by atoms with Gasteiger partial charge in [-0.15, -0.1) is 0 Å². The van der Waals surface area contributed by atoms with Crippen molar-refractivity contribution in [2.24, 2.45) is 7.05 Å². The zero-order valence-corrected chi connectivity index (χ0v) is 6.39. The molecule has 0 spiro atoms. The predicted octanol–water partition coefficient (Wildman–Crippen LogP) is -0.214. The van der Waals surface area contributed by atoms with Gasteiger partial charge >= 0.3 is 0 Å². The van der Waals surface area contributed by atoms with Crippen LogP contribution in [0, 0.1) is 0 Å². The Balaban J connectivity index is 2.61. The Morgan fingerprint density at radius 3 is 3.18 bits per heavy atom. The minimum Gasteiger partial charge on any atom is -0.375 e. The van der Waals surface area contributed by atoms with Gasteiger partial charge in [0.1, 0.15) is 0 Å². The monoisotopic (exact) mass is 154 g/mol. The van der Waals surface area contributed by atoms with Crippen LogP contribution >= 0.6 is 0 Å². The van der Waals surface area contributed by atoms with Gasteiger partial charge in [-0.2, -0.15) is 0 Å². The summed E-state index contributed by atoms with van der Waals surface area (Å²) in [6.45, 7) is 1.23. The number of nitrogens with zero attached hydrogens (tertiary/aromatic N) is 1. The Morgan fingerprint density at radius 2 is 2.45 bits per heavy atom. The molecule has 0 aliphatic carbocycles. The van der Waals surface area contributed by atoms with E-state index in [2.05, 4.69) is 5.10 Å². The topological polar surface area (TPSA) is 47.0 Å². The molecule has 0 atom stereocenters. The zero-order chi connectivity index (χ0) is 7.84. The van der Waals surface area contributed by atoms with E-state index < -0.39 is 0 Å². The summed E-state index contributed by atoms with van der Waals surface area (Å²) in [5, 5.41) is 2.70. The van der Waals surface area contributed by atoms with Crippen LogP contribution in [0.3, 0.4) is 0 Å². The summed E-state index contributed by atoms with van der Waals surface area (Å²) in [6, 6.07) is 0. The van der Waals surface area contributed by atoms with Gasteiger partial charge in [0, 0.05) is 19.0 Å². The number of aryl methyl sites for hydroxylation is 1. The van der Waals surface area contributed by atoms with E-state index in [0.29, 0.717) is 13.2 Å². The van der Waals surface area contributed by atoms with Crippen molar-refractivity contribution in [3.63, 3.8) is 0 Å². The van der Waals surface area contributed by atoms with Gasteiger partial charge in [-0.05, 0) is 0 Å². The number of fused-ring (bicyclic) bond motifs is 1. The molecule has 4 nitrogen and oxygen atoms in total. The second-order valence-corrected chi connectivity index (χ2v) is 2.73. The third-order valence-corrected chi connectivity index (χ3v) is 2.03. The van der Waals surface area contributed by atoms with Crippen LogP contribution in [-0.2, 0) is 24.8 Å². The molecule has 0 fully saturated rings. The molecule has 2 heterocycles. The van der Waals surface area contributed by atoms with Crippen molar-refractivity contribution in [3.05, 3.63) is 21.6 Å². The molecule has 0 amide bonds. The fraction of sp³-hybridized carbons (Fsp3) is 0.571. The number of aromatic amines is 1. The van der Waals surface area contributed by atoms with Gasteiger partial charge in [-0.3, -0.25) is 14.6 Å². The lowest BCUT2D eigenvalue weighted by Gasteiger charge is -2.11. The number of H-pyrrole nitrogens is 1. The zero-order valence-electron chi connectivity index (χ0n) is 6.39. The first kappa shape index (κ1) is 6.67. The minimum absolute atomic E-state index is 0.0331. The highest BCUT2D eigenvalue weighted by atomic mass is 16.5. The van der Waals surface area contributed by atoms with Crippen molar-refractivity contribution in [2.45, 2.75) is 13.0 Å². The maximum atomic E-state index is 11.2. The number of aromatic nitrogens is 2. The first-order valence-corrected chi connectivity index (χ1v) is 3.63. The van der Waals surface area contributed by atoms with Crippen LogP contribution in [0.4, 0.5) is 0 Å². The number of ether oxygens (including phenoxy) is 1. The van der Waals surface area contributed by atoms with Gasteiger partial charge in [0.2, 0.25) is 0 Å². The molecule has 1 aliphatic heterocycles. The molecule has 2 rings (SSSR count). The summed E-state index contributed by atoms with van der Waals surface area (Å²) in [5.74, 6) is 0. The van der Waals surface area contributed by atoms with Crippen molar-refractivity contribution in [3.8, 4) is 0 Å². The van der Waals surface area contributed by atoms with Crippen molar-refractivity contribution in [2.75, 3.05) is 6.61 Å². The lowest BCUT2D eigenvalue weighted by molar-refractivity contribution is 0.105. The van der Waals surface area contributed by atoms with Crippen molar-refractivity contribution in [1.29, 1.82) is 0 Å². The summed E-state index contributed by atoms with van der Waals surface area (Å²) in [5.41, 5.74) is 1.91. The van der Waals surface area contributed by atoms with Gasteiger partial charge in [-0.1, -0.05) is 0 Å². The quantitative estimate of drug-likeness (QED) is 0.562. The summed E-state index contributed by atoms with van der Waals surface area (Å²) in [4.78, 5) is 11.2. The Morgan fingerprint density at radius 1 is 1.64 bits per heavy atom. The fourth-order valence-electron chi connectivity index (χ4n) is 1.41. The van der Waals surface area contributed by atoms with E-state index in [1.54, 1.807) is 4.68 Å². The summed E-state index contributed by atoms with van der Waals surface area (Å²) in [7, 11) is 1.83. The maximum absolute atomic E-state index is 11.2. The maximum Gasteiger partial charge on any atom is 0.267 e. The molecule has 1 N–H and O–H groups in total. The van der Waals surface area contributed by atoms with Gasteiger partial charge in [0.15, 0.2) is 0 Å². The number of rotatable bonds is 0. The molecule has 1 aromatic heterocycles. The molecule has 0 bridgehead atoms.